The molecule has 8 heteroatoms. The maximum atomic E-state index is 13.5. The van der Waals surface area contributed by atoms with Gasteiger partial charge in [-0.05, 0) is 24.3 Å². The monoisotopic (exact) mass is 361 g/mol. The summed E-state index contributed by atoms with van der Waals surface area (Å²) in [7, 11) is 0. The van der Waals surface area contributed by atoms with Crippen LogP contribution in [0.25, 0.3) is 0 Å². The lowest BCUT2D eigenvalue weighted by Crippen LogP contribution is -2.03. The fourth-order valence-corrected chi connectivity index (χ4v) is 2.05. The van der Waals surface area contributed by atoms with Gasteiger partial charge < -0.3 is 4.74 Å². The Bertz CT molecular complexity index is 709. The first-order valence-electron chi connectivity index (χ1n) is 5.58. The van der Waals surface area contributed by atoms with Gasteiger partial charge in [-0.15, -0.1) is 0 Å². The minimum Gasteiger partial charge on any atom is -0.485 e. The topological polar surface area (TPSA) is 52.4 Å². The molecule has 0 aliphatic rings. The predicted molar refractivity (Wildman–Crippen MR) is 71.4 cm³/mol. The molecular formula is C13H7BrF3NO3. The van der Waals surface area contributed by atoms with Crippen molar-refractivity contribution in [2.24, 2.45) is 0 Å². The lowest BCUT2D eigenvalue weighted by molar-refractivity contribution is -0.385. The van der Waals surface area contributed by atoms with Gasteiger partial charge >= 0.3 is 0 Å². The maximum absolute atomic E-state index is 13.5. The van der Waals surface area contributed by atoms with Crippen molar-refractivity contribution in [3.05, 3.63) is 67.9 Å². The van der Waals surface area contributed by atoms with Crippen LogP contribution in [-0.4, -0.2) is 4.92 Å². The maximum Gasteiger partial charge on any atom is 0.276 e. The van der Waals surface area contributed by atoms with Crippen molar-refractivity contribution in [1.29, 1.82) is 0 Å². The largest absolute Gasteiger partial charge is 0.485 e. The fraction of sp³-hybridized carbons (Fsp3) is 0.0769. The molecule has 0 aromatic heterocycles. The van der Waals surface area contributed by atoms with E-state index in [1.54, 1.807) is 0 Å². The Hall–Kier alpha value is -2.09. The van der Waals surface area contributed by atoms with E-state index in [0.29, 0.717) is 0 Å². The van der Waals surface area contributed by atoms with E-state index in [0.717, 1.165) is 24.3 Å². The summed E-state index contributed by atoms with van der Waals surface area (Å²) in [6.45, 7) is -0.471. The molecule has 0 atom stereocenters. The molecule has 0 heterocycles. The number of hydrogen-bond acceptors (Lipinski definition) is 3. The Kier molecular flexibility index (Phi) is 4.46. The molecule has 0 saturated heterocycles. The van der Waals surface area contributed by atoms with E-state index in [1.807, 2.05) is 0 Å². The molecular weight excluding hydrogens is 355 g/mol. The highest BCUT2D eigenvalue weighted by atomic mass is 79.9. The van der Waals surface area contributed by atoms with Crippen LogP contribution in [-0.2, 0) is 6.61 Å². The molecule has 0 aliphatic heterocycles. The van der Waals surface area contributed by atoms with E-state index < -0.39 is 34.7 Å². The quantitative estimate of drug-likeness (QED) is 0.462. The number of nitro benzene ring substituents is 1. The second-order valence-corrected chi connectivity index (χ2v) is 4.93. The summed E-state index contributed by atoms with van der Waals surface area (Å²) in [5.41, 5.74) is -0.452. The fourth-order valence-electron chi connectivity index (χ4n) is 1.64. The minimum atomic E-state index is -1.22. The van der Waals surface area contributed by atoms with Crippen LogP contribution in [0.3, 0.4) is 0 Å². The second kappa shape index (κ2) is 6.13. The predicted octanol–water partition coefficient (Wildman–Crippen LogP) is 4.35. The first-order chi connectivity index (χ1) is 9.88. The van der Waals surface area contributed by atoms with Crippen molar-refractivity contribution in [1.82, 2.24) is 0 Å². The summed E-state index contributed by atoms with van der Waals surface area (Å²) in [6, 6.07) is 4.90. The molecule has 21 heavy (non-hydrogen) atoms. The molecule has 0 spiro atoms. The average Bonchev–Trinajstić information content (AvgIpc) is 2.40. The number of rotatable bonds is 4. The Morgan fingerprint density at radius 2 is 1.90 bits per heavy atom. The van der Waals surface area contributed by atoms with Crippen LogP contribution >= 0.6 is 15.9 Å². The zero-order valence-corrected chi connectivity index (χ0v) is 11.9. The molecule has 2 aromatic rings. The standard InChI is InChI=1S/C13H7BrF3NO3/c14-8-4-10(16)13(17)12(5-8)21-6-7-3-9(15)1-2-11(7)18(19)20/h1-5H,6H2. The molecule has 2 rings (SSSR count). The zero-order chi connectivity index (χ0) is 15.6. The summed E-state index contributed by atoms with van der Waals surface area (Å²) < 4.78 is 45.1. The number of halogens is 4. The van der Waals surface area contributed by atoms with E-state index in [9.17, 15) is 23.3 Å². The molecule has 0 saturated carbocycles. The first kappa shape index (κ1) is 15.3. The number of nitrogens with zero attached hydrogens (tertiary/aromatic N) is 1. The average molecular weight is 362 g/mol. The number of benzene rings is 2. The molecule has 0 radical (unpaired) electrons. The Balaban J connectivity index is 2.28. The van der Waals surface area contributed by atoms with Gasteiger partial charge in [0.15, 0.2) is 11.6 Å². The summed E-state index contributed by atoms with van der Waals surface area (Å²) in [6.07, 6.45) is 0. The molecule has 2 aromatic carbocycles. The van der Waals surface area contributed by atoms with E-state index in [-0.39, 0.29) is 15.7 Å². The van der Waals surface area contributed by atoms with Crippen LogP contribution in [0.15, 0.2) is 34.8 Å². The third-order valence-corrected chi connectivity index (χ3v) is 3.04. The van der Waals surface area contributed by atoms with Crippen LogP contribution < -0.4 is 4.74 Å². The SMILES string of the molecule is O=[N+]([O-])c1ccc(F)cc1COc1cc(Br)cc(F)c1F. The van der Waals surface area contributed by atoms with Gasteiger partial charge in [-0.2, -0.15) is 4.39 Å². The molecule has 0 fully saturated rings. The van der Waals surface area contributed by atoms with E-state index >= 15 is 0 Å². The summed E-state index contributed by atoms with van der Waals surface area (Å²) in [5.74, 6) is -3.48. The van der Waals surface area contributed by atoms with Crippen molar-refractivity contribution in [3.8, 4) is 5.75 Å². The van der Waals surface area contributed by atoms with Crippen LogP contribution in [0.4, 0.5) is 18.9 Å². The smallest absolute Gasteiger partial charge is 0.276 e. The van der Waals surface area contributed by atoms with Crippen molar-refractivity contribution < 1.29 is 22.8 Å². The van der Waals surface area contributed by atoms with E-state index in [2.05, 4.69) is 15.9 Å². The van der Waals surface area contributed by atoms with Crippen molar-refractivity contribution >= 4 is 21.6 Å². The van der Waals surface area contributed by atoms with Gasteiger partial charge in [0.25, 0.3) is 5.69 Å². The third-order valence-electron chi connectivity index (χ3n) is 2.58. The lowest BCUT2D eigenvalue weighted by atomic mass is 10.2. The van der Waals surface area contributed by atoms with Gasteiger partial charge in [0.05, 0.1) is 10.5 Å². The summed E-state index contributed by atoms with van der Waals surface area (Å²) in [5, 5.41) is 10.8. The first-order valence-corrected chi connectivity index (χ1v) is 6.38. The lowest BCUT2D eigenvalue weighted by Gasteiger charge is -2.09. The Morgan fingerprint density at radius 3 is 2.57 bits per heavy atom. The van der Waals surface area contributed by atoms with E-state index in [4.69, 9.17) is 4.74 Å². The third kappa shape index (κ3) is 3.52. The van der Waals surface area contributed by atoms with Crippen LogP contribution in [0, 0.1) is 27.6 Å². The van der Waals surface area contributed by atoms with Gasteiger partial charge in [-0.3, -0.25) is 10.1 Å². The number of ether oxygens (including phenoxy) is 1. The minimum absolute atomic E-state index is 0.0835. The van der Waals surface area contributed by atoms with Gasteiger partial charge in [0.1, 0.15) is 12.4 Å². The number of nitro groups is 1. The Morgan fingerprint density at radius 1 is 1.19 bits per heavy atom. The summed E-state index contributed by atoms with van der Waals surface area (Å²) >= 11 is 2.97. The molecule has 0 bridgehead atoms. The normalized spacial score (nSPS) is 10.5. The van der Waals surface area contributed by atoms with Crippen LogP contribution in [0.2, 0.25) is 0 Å². The molecule has 0 N–H and O–H groups in total. The van der Waals surface area contributed by atoms with Crippen molar-refractivity contribution in [3.63, 3.8) is 0 Å². The zero-order valence-electron chi connectivity index (χ0n) is 10.3. The van der Waals surface area contributed by atoms with Crippen molar-refractivity contribution in [2.75, 3.05) is 0 Å². The number of hydrogen-bond donors (Lipinski definition) is 0. The molecule has 0 unspecified atom stereocenters. The van der Waals surface area contributed by atoms with Gasteiger partial charge in [-0.1, -0.05) is 15.9 Å². The van der Waals surface area contributed by atoms with Crippen LogP contribution in [0.5, 0.6) is 5.75 Å². The highest BCUT2D eigenvalue weighted by molar-refractivity contribution is 9.10. The van der Waals surface area contributed by atoms with Crippen molar-refractivity contribution in [2.45, 2.75) is 6.61 Å². The Labute approximate surface area is 125 Å². The van der Waals surface area contributed by atoms with Gasteiger partial charge in [0.2, 0.25) is 5.82 Å². The molecule has 0 aliphatic carbocycles. The highest BCUT2D eigenvalue weighted by Crippen LogP contribution is 2.27. The summed E-state index contributed by atoms with van der Waals surface area (Å²) in [4.78, 5) is 10.1. The highest BCUT2D eigenvalue weighted by Gasteiger charge is 2.17. The van der Waals surface area contributed by atoms with Gasteiger partial charge in [-0.25, -0.2) is 8.78 Å². The molecule has 4 nitrogen and oxygen atoms in total. The van der Waals surface area contributed by atoms with Gasteiger partial charge in [0, 0.05) is 10.5 Å². The van der Waals surface area contributed by atoms with Crippen LogP contribution in [0.1, 0.15) is 5.56 Å². The molecule has 0 amide bonds. The molecule has 110 valence electrons. The van der Waals surface area contributed by atoms with E-state index in [1.165, 1.54) is 6.07 Å². The second-order valence-electron chi connectivity index (χ2n) is 4.02.